The lowest BCUT2D eigenvalue weighted by Gasteiger charge is -2.22. The Kier molecular flexibility index (Phi) is 7.34. The normalized spacial score (nSPS) is 27.7. The third-order valence-electron chi connectivity index (χ3n) is 4.10. The zero-order valence-electron chi connectivity index (χ0n) is 11.8. The molecule has 2 aliphatic rings. The quantitative estimate of drug-likeness (QED) is 0.473. The molecule has 1 saturated heterocycles. The second kappa shape index (κ2) is 8.23. The molecule has 0 amide bonds. The van der Waals surface area contributed by atoms with Crippen molar-refractivity contribution in [3.8, 4) is 0 Å². The first kappa shape index (κ1) is 16.1. The van der Waals surface area contributed by atoms with Gasteiger partial charge >= 0.3 is 0 Å². The first-order valence-corrected chi connectivity index (χ1v) is 7.38. The van der Waals surface area contributed by atoms with Crippen LogP contribution in [-0.4, -0.2) is 37.0 Å². The van der Waals surface area contributed by atoms with Gasteiger partial charge < -0.3 is 10.2 Å². The van der Waals surface area contributed by atoms with Gasteiger partial charge in [0.2, 0.25) is 0 Å². The predicted molar refractivity (Wildman–Crippen MR) is 88.7 cm³/mol. The molecule has 2 atom stereocenters. The van der Waals surface area contributed by atoms with Crippen molar-refractivity contribution in [3.63, 3.8) is 0 Å². The monoisotopic (exact) mass is 365 g/mol. The number of hydrogen-bond donors (Lipinski definition) is 1. The molecule has 18 heavy (non-hydrogen) atoms. The van der Waals surface area contributed by atoms with Crippen molar-refractivity contribution in [2.45, 2.75) is 46.0 Å². The summed E-state index contributed by atoms with van der Waals surface area (Å²) in [4.78, 5) is 7.20. The van der Waals surface area contributed by atoms with E-state index in [1.807, 2.05) is 0 Å². The van der Waals surface area contributed by atoms with Crippen LogP contribution in [0.1, 0.15) is 46.0 Å². The summed E-state index contributed by atoms with van der Waals surface area (Å²) < 4.78 is 0. The van der Waals surface area contributed by atoms with Crippen LogP contribution in [0.5, 0.6) is 0 Å². The maximum atomic E-state index is 4.70. The minimum absolute atomic E-state index is 0. The molecule has 0 bridgehead atoms. The number of hydrogen-bond acceptors (Lipinski definition) is 1. The number of nitrogens with zero attached hydrogens (tertiary/aromatic N) is 2. The zero-order chi connectivity index (χ0) is 12.1. The van der Waals surface area contributed by atoms with E-state index in [0.717, 1.165) is 37.3 Å². The fourth-order valence-electron chi connectivity index (χ4n) is 3.22. The molecular weight excluding hydrogens is 337 g/mol. The number of halogens is 1. The minimum atomic E-state index is 0. The van der Waals surface area contributed by atoms with Gasteiger partial charge in [-0.15, -0.1) is 24.0 Å². The highest BCUT2D eigenvalue weighted by Gasteiger charge is 2.35. The molecule has 0 aromatic heterocycles. The van der Waals surface area contributed by atoms with Crippen LogP contribution in [0.3, 0.4) is 0 Å². The van der Waals surface area contributed by atoms with Crippen LogP contribution < -0.4 is 5.32 Å². The van der Waals surface area contributed by atoms with Gasteiger partial charge in [-0.1, -0.05) is 19.8 Å². The van der Waals surface area contributed by atoms with E-state index in [2.05, 4.69) is 24.1 Å². The smallest absolute Gasteiger partial charge is 0.193 e. The molecular formula is C14H28IN3. The Morgan fingerprint density at radius 2 is 1.78 bits per heavy atom. The third-order valence-corrected chi connectivity index (χ3v) is 4.10. The Labute approximate surface area is 129 Å². The van der Waals surface area contributed by atoms with Gasteiger partial charge in [0, 0.05) is 26.2 Å². The lowest BCUT2D eigenvalue weighted by atomic mass is 9.82. The Morgan fingerprint density at radius 1 is 1.17 bits per heavy atom. The van der Waals surface area contributed by atoms with Crippen molar-refractivity contribution in [3.05, 3.63) is 0 Å². The van der Waals surface area contributed by atoms with Crippen LogP contribution in [0.2, 0.25) is 0 Å². The minimum Gasteiger partial charge on any atom is -0.357 e. The Morgan fingerprint density at radius 3 is 2.28 bits per heavy atom. The van der Waals surface area contributed by atoms with Crippen LogP contribution in [0, 0.1) is 11.8 Å². The van der Waals surface area contributed by atoms with Gasteiger partial charge in [-0.05, 0) is 38.0 Å². The van der Waals surface area contributed by atoms with E-state index in [-0.39, 0.29) is 24.0 Å². The summed E-state index contributed by atoms with van der Waals surface area (Å²) in [5.74, 6) is 3.03. The van der Waals surface area contributed by atoms with Crippen molar-refractivity contribution in [2.24, 2.45) is 16.8 Å². The van der Waals surface area contributed by atoms with Crippen LogP contribution in [0.15, 0.2) is 4.99 Å². The van der Waals surface area contributed by atoms with E-state index in [9.17, 15) is 0 Å². The van der Waals surface area contributed by atoms with Crippen LogP contribution >= 0.6 is 24.0 Å². The van der Waals surface area contributed by atoms with E-state index in [1.54, 1.807) is 0 Å². The Bertz CT molecular complexity index is 254. The topological polar surface area (TPSA) is 27.6 Å². The van der Waals surface area contributed by atoms with E-state index in [1.165, 1.54) is 38.8 Å². The third kappa shape index (κ3) is 4.00. The molecule has 1 aliphatic heterocycles. The molecule has 2 fully saturated rings. The first-order chi connectivity index (χ1) is 8.35. The summed E-state index contributed by atoms with van der Waals surface area (Å²) in [5.41, 5.74) is 0. The molecule has 4 heteroatoms. The largest absolute Gasteiger partial charge is 0.357 e. The lowest BCUT2D eigenvalue weighted by molar-refractivity contribution is 0.299. The first-order valence-electron chi connectivity index (χ1n) is 7.38. The van der Waals surface area contributed by atoms with Gasteiger partial charge in [0.25, 0.3) is 0 Å². The van der Waals surface area contributed by atoms with E-state index >= 15 is 0 Å². The summed E-state index contributed by atoms with van der Waals surface area (Å²) in [7, 11) is 0. The highest BCUT2D eigenvalue weighted by atomic mass is 127. The summed E-state index contributed by atoms with van der Waals surface area (Å²) in [6.45, 7) is 8.75. The highest BCUT2D eigenvalue weighted by molar-refractivity contribution is 14.0. The standard InChI is InChI=1S/C14H27N3.HI/c1-3-9-16-14(15-4-2)17-10-12-7-5-6-8-13(12)11-17;/h12-13H,3-11H2,1-2H3,(H,15,16);1H. The number of fused-ring (bicyclic) bond motifs is 1. The van der Waals surface area contributed by atoms with Gasteiger partial charge in [-0.2, -0.15) is 0 Å². The fourth-order valence-corrected chi connectivity index (χ4v) is 3.22. The second-order valence-corrected chi connectivity index (χ2v) is 5.45. The predicted octanol–water partition coefficient (Wildman–Crippen LogP) is 3.10. The molecule has 0 aromatic rings. The van der Waals surface area contributed by atoms with Crippen molar-refractivity contribution in [2.75, 3.05) is 26.2 Å². The molecule has 2 unspecified atom stereocenters. The molecule has 0 spiro atoms. The molecule has 0 aromatic carbocycles. The summed E-state index contributed by atoms with van der Waals surface area (Å²) in [6, 6.07) is 0. The molecule has 2 rings (SSSR count). The number of guanidine groups is 1. The fraction of sp³-hybridized carbons (Fsp3) is 0.929. The molecule has 1 saturated carbocycles. The zero-order valence-corrected chi connectivity index (χ0v) is 14.2. The van der Waals surface area contributed by atoms with Crippen LogP contribution in [0.4, 0.5) is 0 Å². The van der Waals surface area contributed by atoms with E-state index < -0.39 is 0 Å². The van der Waals surface area contributed by atoms with E-state index in [0.29, 0.717) is 0 Å². The molecule has 1 N–H and O–H groups in total. The molecule has 106 valence electrons. The Hall–Kier alpha value is 0. The maximum absolute atomic E-state index is 4.70. The number of nitrogens with one attached hydrogen (secondary N) is 1. The molecule has 0 radical (unpaired) electrons. The number of aliphatic imine (C=N–C) groups is 1. The van der Waals surface area contributed by atoms with Gasteiger partial charge in [0.05, 0.1) is 0 Å². The van der Waals surface area contributed by atoms with E-state index in [4.69, 9.17) is 4.99 Å². The number of rotatable bonds is 3. The Balaban J connectivity index is 0.00000162. The van der Waals surface area contributed by atoms with Crippen molar-refractivity contribution >= 4 is 29.9 Å². The van der Waals surface area contributed by atoms with Gasteiger partial charge in [-0.3, -0.25) is 4.99 Å². The molecule has 1 heterocycles. The SMILES string of the molecule is CCCN=C(NCC)N1CC2CCCCC2C1.I. The van der Waals surface area contributed by atoms with Gasteiger partial charge in [0.1, 0.15) is 0 Å². The summed E-state index contributed by atoms with van der Waals surface area (Å²) in [5, 5.41) is 3.44. The van der Waals surface area contributed by atoms with Crippen molar-refractivity contribution < 1.29 is 0 Å². The van der Waals surface area contributed by atoms with Crippen LogP contribution in [0.25, 0.3) is 0 Å². The molecule has 1 aliphatic carbocycles. The lowest BCUT2D eigenvalue weighted by Crippen LogP contribution is -2.40. The van der Waals surface area contributed by atoms with Gasteiger partial charge in [0.15, 0.2) is 5.96 Å². The van der Waals surface area contributed by atoms with Crippen LogP contribution in [-0.2, 0) is 0 Å². The van der Waals surface area contributed by atoms with Crippen molar-refractivity contribution in [1.29, 1.82) is 0 Å². The second-order valence-electron chi connectivity index (χ2n) is 5.45. The average Bonchev–Trinajstić information content (AvgIpc) is 2.78. The summed E-state index contributed by atoms with van der Waals surface area (Å²) >= 11 is 0. The van der Waals surface area contributed by atoms with Gasteiger partial charge in [-0.25, -0.2) is 0 Å². The number of likely N-dealkylation sites (tertiary alicyclic amines) is 1. The van der Waals surface area contributed by atoms with Crippen molar-refractivity contribution in [1.82, 2.24) is 10.2 Å². The summed E-state index contributed by atoms with van der Waals surface area (Å²) in [6.07, 6.45) is 6.90. The average molecular weight is 365 g/mol. The molecule has 3 nitrogen and oxygen atoms in total. The highest BCUT2D eigenvalue weighted by Crippen LogP contribution is 2.35. The maximum Gasteiger partial charge on any atom is 0.193 e.